The van der Waals surface area contributed by atoms with E-state index < -0.39 is 0 Å². The molecule has 0 saturated carbocycles. The SMILES string of the molecule is CC(C)c1cccc(OCC(=O)CC#N)c1. The molecule has 0 N–H and O–H groups in total. The van der Waals surface area contributed by atoms with Crippen LogP contribution in [0.1, 0.15) is 31.7 Å². The van der Waals surface area contributed by atoms with Gasteiger partial charge in [-0.2, -0.15) is 5.26 Å². The van der Waals surface area contributed by atoms with Crippen LogP contribution < -0.4 is 4.74 Å². The average molecular weight is 217 g/mol. The molecular formula is C13H15NO2. The summed E-state index contributed by atoms with van der Waals surface area (Å²) in [6, 6.07) is 9.46. The van der Waals surface area contributed by atoms with E-state index in [1.807, 2.05) is 24.3 Å². The summed E-state index contributed by atoms with van der Waals surface area (Å²) < 4.78 is 5.31. The first kappa shape index (κ1) is 12.3. The molecule has 1 aromatic carbocycles. The molecule has 1 aromatic rings. The van der Waals surface area contributed by atoms with Gasteiger partial charge in [0.1, 0.15) is 12.4 Å². The van der Waals surface area contributed by atoms with Crippen molar-refractivity contribution >= 4 is 5.78 Å². The number of carbonyl (C=O) groups is 1. The van der Waals surface area contributed by atoms with Crippen molar-refractivity contribution in [3.8, 4) is 11.8 Å². The van der Waals surface area contributed by atoms with Gasteiger partial charge in [-0.1, -0.05) is 26.0 Å². The highest BCUT2D eigenvalue weighted by atomic mass is 16.5. The predicted molar refractivity (Wildman–Crippen MR) is 61.3 cm³/mol. The number of hydrogen-bond acceptors (Lipinski definition) is 3. The maximum Gasteiger partial charge on any atom is 0.184 e. The zero-order valence-corrected chi connectivity index (χ0v) is 9.56. The predicted octanol–water partition coefficient (Wildman–Crippen LogP) is 2.67. The number of rotatable bonds is 5. The largest absolute Gasteiger partial charge is 0.486 e. The molecule has 0 radical (unpaired) electrons. The summed E-state index contributed by atoms with van der Waals surface area (Å²) >= 11 is 0. The maximum absolute atomic E-state index is 11.1. The quantitative estimate of drug-likeness (QED) is 0.761. The molecule has 3 nitrogen and oxygen atoms in total. The summed E-state index contributed by atoms with van der Waals surface area (Å²) in [5.41, 5.74) is 1.17. The standard InChI is InChI=1S/C13H15NO2/c1-10(2)11-4-3-5-13(8-11)16-9-12(15)6-7-14/h3-5,8,10H,6,9H2,1-2H3. The lowest BCUT2D eigenvalue weighted by Gasteiger charge is -2.08. The number of nitriles is 1. The second-order valence-electron chi connectivity index (χ2n) is 3.89. The number of ketones is 1. The van der Waals surface area contributed by atoms with Crippen LogP contribution in [0.5, 0.6) is 5.75 Å². The topological polar surface area (TPSA) is 50.1 Å². The van der Waals surface area contributed by atoms with Gasteiger partial charge in [0.2, 0.25) is 0 Å². The molecule has 0 heterocycles. The third-order valence-corrected chi connectivity index (χ3v) is 2.20. The smallest absolute Gasteiger partial charge is 0.184 e. The van der Waals surface area contributed by atoms with Crippen LogP contribution in [-0.2, 0) is 4.79 Å². The number of ether oxygens (including phenoxy) is 1. The van der Waals surface area contributed by atoms with Crippen LogP contribution in [0, 0.1) is 11.3 Å². The Morgan fingerprint density at radius 1 is 1.50 bits per heavy atom. The molecule has 0 fully saturated rings. The third kappa shape index (κ3) is 3.74. The second kappa shape index (κ2) is 5.92. The van der Waals surface area contributed by atoms with E-state index in [0.29, 0.717) is 11.7 Å². The molecular weight excluding hydrogens is 202 g/mol. The van der Waals surface area contributed by atoms with Gasteiger partial charge in [0.15, 0.2) is 5.78 Å². The normalized spacial score (nSPS) is 9.88. The zero-order valence-electron chi connectivity index (χ0n) is 9.56. The van der Waals surface area contributed by atoms with Gasteiger partial charge in [-0.3, -0.25) is 4.79 Å². The van der Waals surface area contributed by atoms with Gasteiger partial charge >= 0.3 is 0 Å². The highest BCUT2D eigenvalue weighted by Crippen LogP contribution is 2.19. The lowest BCUT2D eigenvalue weighted by molar-refractivity contribution is -0.120. The van der Waals surface area contributed by atoms with Crippen LogP contribution in [-0.4, -0.2) is 12.4 Å². The Kier molecular flexibility index (Phi) is 4.53. The molecule has 0 unspecified atom stereocenters. The van der Waals surface area contributed by atoms with Gasteiger partial charge in [-0.25, -0.2) is 0 Å². The van der Waals surface area contributed by atoms with Gasteiger partial charge in [-0.15, -0.1) is 0 Å². The molecule has 0 aliphatic rings. The Morgan fingerprint density at radius 2 is 2.25 bits per heavy atom. The van der Waals surface area contributed by atoms with Crippen molar-refractivity contribution in [3.63, 3.8) is 0 Å². The van der Waals surface area contributed by atoms with Gasteiger partial charge in [0.25, 0.3) is 0 Å². The van der Waals surface area contributed by atoms with Gasteiger partial charge in [0, 0.05) is 0 Å². The molecule has 3 heteroatoms. The third-order valence-electron chi connectivity index (χ3n) is 2.20. The van der Waals surface area contributed by atoms with Crippen LogP contribution in [0.25, 0.3) is 0 Å². The Hall–Kier alpha value is -1.82. The molecule has 0 amide bonds. The molecule has 16 heavy (non-hydrogen) atoms. The lowest BCUT2D eigenvalue weighted by atomic mass is 10.0. The first-order valence-corrected chi connectivity index (χ1v) is 5.25. The fourth-order valence-corrected chi connectivity index (χ4v) is 1.27. The molecule has 0 aliphatic carbocycles. The van der Waals surface area contributed by atoms with Gasteiger partial charge in [-0.05, 0) is 23.6 Å². The van der Waals surface area contributed by atoms with Crippen molar-refractivity contribution in [3.05, 3.63) is 29.8 Å². The molecule has 0 atom stereocenters. The minimum atomic E-state index is -0.197. The van der Waals surface area contributed by atoms with E-state index in [-0.39, 0.29) is 18.8 Å². The molecule has 0 aromatic heterocycles. The molecule has 0 aliphatic heterocycles. The van der Waals surface area contributed by atoms with Crippen LogP contribution in [0.3, 0.4) is 0 Å². The zero-order chi connectivity index (χ0) is 12.0. The van der Waals surface area contributed by atoms with E-state index in [0.717, 1.165) is 0 Å². The van der Waals surface area contributed by atoms with E-state index in [4.69, 9.17) is 10.00 Å². The van der Waals surface area contributed by atoms with Gasteiger partial charge in [0.05, 0.1) is 12.5 Å². The fraction of sp³-hybridized carbons (Fsp3) is 0.385. The summed E-state index contributed by atoms with van der Waals surface area (Å²) in [7, 11) is 0. The monoisotopic (exact) mass is 217 g/mol. The van der Waals surface area contributed by atoms with Crippen molar-refractivity contribution in [2.75, 3.05) is 6.61 Å². The summed E-state index contributed by atoms with van der Waals surface area (Å²) in [4.78, 5) is 11.1. The van der Waals surface area contributed by atoms with Crippen molar-refractivity contribution in [1.29, 1.82) is 5.26 Å². The Labute approximate surface area is 95.7 Å². The van der Waals surface area contributed by atoms with Crippen LogP contribution in [0.4, 0.5) is 0 Å². The number of Topliss-reactive ketones (excluding diaryl/α,β-unsaturated/α-hetero) is 1. The molecule has 1 rings (SSSR count). The Balaban J connectivity index is 2.58. The van der Waals surface area contributed by atoms with E-state index in [9.17, 15) is 4.79 Å². The van der Waals surface area contributed by atoms with Crippen LogP contribution >= 0.6 is 0 Å². The first-order valence-electron chi connectivity index (χ1n) is 5.25. The highest BCUT2D eigenvalue weighted by molar-refractivity contribution is 5.81. The fourth-order valence-electron chi connectivity index (χ4n) is 1.27. The van der Waals surface area contributed by atoms with Crippen LogP contribution in [0.15, 0.2) is 24.3 Å². The van der Waals surface area contributed by atoms with Crippen LogP contribution in [0.2, 0.25) is 0 Å². The maximum atomic E-state index is 11.1. The molecule has 0 saturated heterocycles. The van der Waals surface area contributed by atoms with Gasteiger partial charge < -0.3 is 4.74 Å². The number of nitrogens with zero attached hydrogens (tertiary/aromatic N) is 1. The second-order valence-corrected chi connectivity index (χ2v) is 3.89. The summed E-state index contributed by atoms with van der Waals surface area (Å²) in [5.74, 6) is 0.910. The van der Waals surface area contributed by atoms with E-state index >= 15 is 0 Å². The summed E-state index contributed by atoms with van der Waals surface area (Å²) in [5, 5.41) is 8.32. The Bertz CT molecular complexity index is 405. The number of carbonyl (C=O) groups excluding carboxylic acids is 1. The number of benzene rings is 1. The lowest BCUT2D eigenvalue weighted by Crippen LogP contribution is -2.10. The minimum absolute atomic E-state index is 0.0326. The van der Waals surface area contributed by atoms with E-state index in [1.54, 1.807) is 6.07 Å². The average Bonchev–Trinajstić information content (AvgIpc) is 2.27. The summed E-state index contributed by atoms with van der Waals surface area (Å²) in [6.45, 7) is 4.16. The van der Waals surface area contributed by atoms with Crippen molar-refractivity contribution in [1.82, 2.24) is 0 Å². The number of hydrogen-bond donors (Lipinski definition) is 0. The highest BCUT2D eigenvalue weighted by Gasteiger charge is 2.04. The van der Waals surface area contributed by atoms with E-state index in [1.165, 1.54) is 5.56 Å². The molecule has 84 valence electrons. The van der Waals surface area contributed by atoms with Crippen molar-refractivity contribution in [2.24, 2.45) is 0 Å². The van der Waals surface area contributed by atoms with E-state index in [2.05, 4.69) is 13.8 Å². The minimum Gasteiger partial charge on any atom is -0.486 e. The molecule has 0 bridgehead atoms. The summed E-state index contributed by atoms with van der Waals surface area (Å²) in [6.07, 6.45) is -0.0934. The Morgan fingerprint density at radius 3 is 2.88 bits per heavy atom. The van der Waals surface area contributed by atoms with Crippen molar-refractivity contribution < 1.29 is 9.53 Å². The van der Waals surface area contributed by atoms with Crippen molar-refractivity contribution in [2.45, 2.75) is 26.2 Å². The molecule has 0 spiro atoms. The first-order chi connectivity index (χ1) is 7.63.